The van der Waals surface area contributed by atoms with Crippen LogP contribution in [0.5, 0.6) is 5.75 Å². The molecule has 0 radical (unpaired) electrons. The first-order chi connectivity index (χ1) is 9.56. The summed E-state index contributed by atoms with van der Waals surface area (Å²) in [5.41, 5.74) is 2.86. The molecule has 1 N–H and O–H groups in total. The Bertz CT molecular complexity index is 445. The van der Waals surface area contributed by atoms with E-state index in [4.69, 9.17) is 4.74 Å². The first kappa shape index (κ1) is 15.3. The minimum Gasteiger partial charge on any atom is -0.497 e. The third-order valence-electron chi connectivity index (χ3n) is 4.15. The van der Waals surface area contributed by atoms with Crippen LogP contribution in [-0.4, -0.2) is 38.2 Å². The normalized spacial score (nSPS) is 21.6. The van der Waals surface area contributed by atoms with Crippen molar-refractivity contribution in [3.63, 3.8) is 0 Å². The number of hydrogen-bond donors (Lipinski definition) is 1. The van der Waals surface area contributed by atoms with E-state index < -0.39 is 0 Å². The third-order valence-corrected chi connectivity index (χ3v) is 4.15. The summed E-state index contributed by atoms with van der Waals surface area (Å²) in [7, 11) is 3.99. The molecule has 20 heavy (non-hydrogen) atoms. The first-order valence-electron chi connectivity index (χ1n) is 7.67. The number of nitrogens with zero attached hydrogens (tertiary/aromatic N) is 1. The smallest absolute Gasteiger partial charge is 0.119 e. The molecule has 0 heterocycles. The van der Waals surface area contributed by atoms with Gasteiger partial charge in [-0.2, -0.15) is 0 Å². The molecule has 0 saturated carbocycles. The number of ether oxygens (including phenoxy) is 1. The summed E-state index contributed by atoms with van der Waals surface area (Å²) in [5.74, 6) is 1.65. The van der Waals surface area contributed by atoms with E-state index in [-0.39, 0.29) is 0 Å². The molecule has 0 fully saturated rings. The van der Waals surface area contributed by atoms with Crippen molar-refractivity contribution in [1.82, 2.24) is 10.2 Å². The predicted octanol–water partition coefficient (Wildman–Crippen LogP) is 2.86. The lowest BCUT2D eigenvalue weighted by Crippen LogP contribution is -2.42. The van der Waals surface area contributed by atoms with Gasteiger partial charge in [-0.05, 0) is 49.2 Å². The molecule has 3 nitrogen and oxygen atoms in total. The van der Waals surface area contributed by atoms with Gasteiger partial charge in [0.15, 0.2) is 0 Å². The lowest BCUT2D eigenvalue weighted by atomic mass is 10.0. The van der Waals surface area contributed by atoms with Crippen molar-refractivity contribution >= 4 is 0 Å². The molecule has 0 bridgehead atoms. The van der Waals surface area contributed by atoms with E-state index in [1.807, 2.05) is 0 Å². The van der Waals surface area contributed by atoms with E-state index in [9.17, 15) is 0 Å². The Balaban J connectivity index is 2.24. The highest BCUT2D eigenvalue weighted by Crippen LogP contribution is 2.36. The van der Waals surface area contributed by atoms with E-state index >= 15 is 0 Å². The molecule has 1 aromatic rings. The molecule has 112 valence electrons. The van der Waals surface area contributed by atoms with Crippen LogP contribution >= 0.6 is 0 Å². The van der Waals surface area contributed by atoms with Crippen LogP contribution in [-0.2, 0) is 6.42 Å². The van der Waals surface area contributed by atoms with Gasteiger partial charge in [-0.1, -0.05) is 26.8 Å². The Morgan fingerprint density at radius 1 is 1.40 bits per heavy atom. The largest absolute Gasteiger partial charge is 0.497 e. The Labute approximate surface area is 123 Å². The van der Waals surface area contributed by atoms with Gasteiger partial charge < -0.3 is 15.0 Å². The Hall–Kier alpha value is -1.06. The molecule has 1 aromatic carbocycles. The van der Waals surface area contributed by atoms with Crippen LogP contribution in [0.2, 0.25) is 0 Å². The standard InChI is InChI=1S/C17H28N2O/c1-6-18-17-15-10-14(20-5)8-7-13(15)9-16(17)19(4)11-12(2)3/h7-8,10,12,16-18H,6,9,11H2,1-5H3. The number of fused-ring (bicyclic) bond motifs is 1. The van der Waals surface area contributed by atoms with Crippen LogP contribution in [0, 0.1) is 5.92 Å². The highest BCUT2D eigenvalue weighted by atomic mass is 16.5. The molecule has 0 saturated heterocycles. The maximum Gasteiger partial charge on any atom is 0.119 e. The van der Waals surface area contributed by atoms with Crippen molar-refractivity contribution in [2.45, 2.75) is 39.3 Å². The minimum atomic E-state index is 0.411. The zero-order valence-corrected chi connectivity index (χ0v) is 13.4. The zero-order chi connectivity index (χ0) is 14.7. The Kier molecular flexibility index (Phi) is 5.06. The molecule has 0 aliphatic heterocycles. The van der Waals surface area contributed by atoms with Crippen molar-refractivity contribution in [3.05, 3.63) is 29.3 Å². The average molecular weight is 276 g/mol. The molecule has 1 aliphatic carbocycles. The van der Waals surface area contributed by atoms with Crippen LogP contribution < -0.4 is 10.1 Å². The Morgan fingerprint density at radius 2 is 2.15 bits per heavy atom. The number of rotatable bonds is 6. The van der Waals surface area contributed by atoms with Crippen molar-refractivity contribution in [2.24, 2.45) is 5.92 Å². The van der Waals surface area contributed by atoms with Crippen LogP contribution in [0.25, 0.3) is 0 Å². The Morgan fingerprint density at radius 3 is 2.75 bits per heavy atom. The first-order valence-corrected chi connectivity index (χ1v) is 7.67. The SMILES string of the molecule is CCNC1c2cc(OC)ccc2CC1N(C)CC(C)C. The van der Waals surface area contributed by atoms with Gasteiger partial charge in [-0.15, -0.1) is 0 Å². The van der Waals surface area contributed by atoms with Crippen LogP contribution in [0.1, 0.15) is 37.9 Å². The zero-order valence-electron chi connectivity index (χ0n) is 13.4. The van der Waals surface area contributed by atoms with E-state index in [0.29, 0.717) is 18.0 Å². The molecule has 3 heteroatoms. The van der Waals surface area contributed by atoms with Crippen molar-refractivity contribution in [3.8, 4) is 5.75 Å². The fraction of sp³-hybridized carbons (Fsp3) is 0.647. The lowest BCUT2D eigenvalue weighted by Gasteiger charge is -2.31. The molecule has 2 rings (SSSR count). The minimum absolute atomic E-state index is 0.411. The highest BCUT2D eigenvalue weighted by Gasteiger charge is 2.34. The van der Waals surface area contributed by atoms with Gasteiger partial charge in [-0.3, -0.25) is 0 Å². The van der Waals surface area contributed by atoms with Crippen LogP contribution in [0.3, 0.4) is 0 Å². The summed E-state index contributed by atoms with van der Waals surface area (Å²) in [5, 5.41) is 3.66. The van der Waals surface area contributed by atoms with Gasteiger partial charge in [0.1, 0.15) is 5.75 Å². The number of likely N-dealkylation sites (N-methyl/N-ethyl adjacent to an activating group) is 2. The van der Waals surface area contributed by atoms with Gasteiger partial charge in [0.25, 0.3) is 0 Å². The van der Waals surface area contributed by atoms with Crippen LogP contribution in [0.4, 0.5) is 0 Å². The molecule has 2 atom stereocenters. The van der Waals surface area contributed by atoms with Crippen molar-refractivity contribution in [1.29, 1.82) is 0 Å². The fourth-order valence-corrected chi connectivity index (χ4v) is 3.31. The highest BCUT2D eigenvalue weighted by molar-refractivity contribution is 5.42. The second kappa shape index (κ2) is 6.59. The van der Waals surface area contributed by atoms with Gasteiger partial charge in [-0.25, -0.2) is 0 Å². The predicted molar refractivity (Wildman–Crippen MR) is 84.4 cm³/mol. The third kappa shape index (κ3) is 3.15. The molecule has 1 aliphatic rings. The number of methoxy groups -OCH3 is 1. The molecular formula is C17H28N2O. The summed E-state index contributed by atoms with van der Waals surface area (Å²) in [6.45, 7) is 8.87. The van der Waals surface area contributed by atoms with Crippen molar-refractivity contribution in [2.75, 3.05) is 27.2 Å². The van der Waals surface area contributed by atoms with Gasteiger partial charge in [0.05, 0.1) is 7.11 Å². The number of hydrogen-bond acceptors (Lipinski definition) is 3. The maximum atomic E-state index is 5.38. The summed E-state index contributed by atoms with van der Waals surface area (Å²) in [6.07, 6.45) is 1.13. The van der Waals surface area contributed by atoms with Gasteiger partial charge in [0.2, 0.25) is 0 Å². The monoisotopic (exact) mass is 276 g/mol. The summed E-state index contributed by atoms with van der Waals surface area (Å²) >= 11 is 0. The maximum absolute atomic E-state index is 5.38. The number of nitrogens with one attached hydrogen (secondary N) is 1. The second-order valence-corrected chi connectivity index (χ2v) is 6.20. The lowest BCUT2D eigenvalue weighted by molar-refractivity contribution is 0.186. The van der Waals surface area contributed by atoms with E-state index in [1.54, 1.807) is 7.11 Å². The number of benzene rings is 1. The summed E-state index contributed by atoms with van der Waals surface area (Å²) in [4.78, 5) is 2.50. The molecular weight excluding hydrogens is 248 g/mol. The van der Waals surface area contributed by atoms with E-state index in [0.717, 1.165) is 25.3 Å². The average Bonchev–Trinajstić information content (AvgIpc) is 2.76. The van der Waals surface area contributed by atoms with E-state index in [2.05, 4.69) is 56.2 Å². The quantitative estimate of drug-likeness (QED) is 0.864. The topological polar surface area (TPSA) is 24.5 Å². The van der Waals surface area contributed by atoms with Gasteiger partial charge >= 0.3 is 0 Å². The molecule has 0 amide bonds. The molecule has 2 unspecified atom stereocenters. The molecule has 0 aromatic heterocycles. The van der Waals surface area contributed by atoms with Crippen molar-refractivity contribution < 1.29 is 4.74 Å². The second-order valence-electron chi connectivity index (χ2n) is 6.20. The summed E-state index contributed by atoms with van der Waals surface area (Å²) in [6, 6.07) is 7.45. The van der Waals surface area contributed by atoms with E-state index in [1.165, 1.54) is 11.1 Å². The van der Waals surface area contributed by atoms with Crippen LogP contribution in [0.15, 0.2) is 18.2 Å². The summed E-state index contributed by atoms with van der Waals surface area (Å²) < 4.78 is 5.38. The molecule has 0 spiro atoms. The van der Waals surface area contributed by atoms with Gasteiger partial charge in [0, 0.05) is 18.6 Å². The fourth-order valence-electron chi connectivity index (χ4n) is 3.31.